The van der Waals surface area contributed by atoms with E-state index in [1.807, 2.05) is 6.92 Å². The highest BCUT2D eigenvalue weighted by atomic mass is 35.5. The Labute approximate surface area is 200 Å². The fourth-order valence-corrected chi connectivity index (χ4v) is 5.91. The number of hydrogen-bond donors (Lipinski definition) is 3. The minimum absolute atomic E-state index is 0.0616. The highest BCUT2D eigenvalue weighted by Crippen LogP contribution is 2.42. The monoisotopic (exact) mass is 510 g/mol. The molecule has 0 fully saturated rings. The smallest absolute Gasteiger partial charge is 0.434 e. The van der Waals surface area contributed by atoms with Gasteiger partial charge in [0.25, 0.3) is 0 Å². The molecule has 3 aromatic rings. The van der Waals surface area contributed by atoms with Gasteiger partial charge in [-0.25, -0.2) is 22.7 Å². The van der Waals surface area contributed by atoms with Crippen molar-refractivity contribution in [2.45, 2.75) is 50.1 Å². The van der Waals surface area contributed by atoms with Gasteiger partial charge in [0.05, 0.1) is 6.61 Å². The topological polar surface area (TPSA) is 140 Å². The van der Waals surface area contributed by atoms with Crippen LogP contribution >= 0.6 is 11.6 Å². The zero-order valence-corrected chi connectivity index (χ0v) is 20.3. The molecule has 3 atom stereocenters. The normalized spacial score (nSPS) is 17.6. The molecule has 0 aliphatic carbocycles. The second-order valence-corrected chi connectivity index (χ2v) is 10.4. The molecular formula is C22H24ClFN4O5S. The standard InChI is InChI=1S/C22H24ClFN4O5S/c1-10-4-6-14(24)17(11(10)2)12(3)19(21-26-27-22(29)33-21)28-34(30,31)16-7-5-13(23)18-15(25)8-9-32-20(16)18/h4-7,12,15,19,28H,8-9,25H2,1-3H3,(H,27,29)/t12-,15?,19+/m1/s1. The van der Waals surface area contributed by atoms with Crippen LogP contribution in [0.1, 0.15) is 59.5 Å². The van der Waals surface area contributed by atoms with Gasteiger partial charge in [-0.15, -0.1) is 5.10 Å². The zero-order valence-electron chi connectivity index (χ0n) is 18.7. The van der Waals surface area contributed by atoms with Gasteiger partial charge in [0.15, 0.2) is 0 Å². The van der Waals surface area contributed by atoms with Crippen molar-refractivity contribution in [3.63, 3.8) is 0 Å². The van der Waals surface area contributed by atoms with Crippen molar-refractivity contribution >= 4 is 21.6 Å². The Morgan fingerprint density at radius 1 is 1.29 bits per heavy atom. The van der Waals surface area contributed by atoms with Gasteiger partial charge < -0.3 is 14.9 Å². The summed E-state index contributed by atoms with van der Waals surface area (Å²) in [6, 6.07) is 3.97. The third-order valence-electron chi connectivity index (χ3n) is 6.13. The molecule has 12 heteroatoms. The van der Waals surface area contributed by atoms with E-state index in [9.17, 15) is 17.6 Å². The number of fused-ring (bicyclic) bond motifs is 1. The van der Waals surface area contributed by atoms with Gasteiger partial charge in [0, 0.05) is 29.0 Å². The van der Waals surface area contributed by atoms with Crippen LogP contribution in [0.3, 0.4) is 0 Å². The molecule has 2 aromatic carbocycles. The van der Waals surface area contributed by atoms with Crippen LogP contribution in [0.5, 0.6) is 5.75 Å². The molecule has 1 aromatic heterocycles. The maximum Gasteiger partial charge on any atom is 0.434 e. The Morgan fingerprint density at radius 2 is 2.03 bits per heavy atom. The number of nitrogens with one attached hydrogen (secondary N) is 2. The van der Waals surface area contributed by atoms with Gasteiger partial charge in [-0.3, -0.25) is 0 Å². The van der Waals surface area contributed by atoms with Crippen LogP contribution in [0.4, 0.5) is 4.39 Å². The summed E-state index contributed by atoms with van der Waals surface area (Å²) in [6.07, 6.45) is 0.480. The molecule has 2 heterocycles. The van der Waals surface area contributed by atoms with Crippen molar-refractivity contribution in [2.24, 2.45) is 5.73 Å². The second-order valence-electron chi connectivity index (χ2n) is 8.27. The number of nitrogens with two attached hydrogens (primary N) is 1. The van der Waals surface area contributed by atoms with Crippen LogP contribution in [-0.2, 0) is 10.0 Å². The number of hydrogen-bond acceptors (Lipinski definition) is 7. The molecule has 182 valence electrons. The van der Waals surface area contributed by atoms with E-state index in [1.165, 1.54) is 18.2 Å². The maximum atomic E-state index is 14.9. The van der Waals surface area contributed by atoms with Gasteiger partial charge in [0.1, 0.15) is 22.5 Å². The van der Waals surface area contributed by atoms with Gasteiger partial charge in [-0.05, 0) is 48.7 Å². The zero-order chi connectivity index (χ0) is 24.8. The first-order chi connectivity index (χ1) is 16.0. The van der Waals surface area contributed by atoms with Crippen molar-refractivity contribution in [3.8, 4) is 5.75 Å². The Morgan fingerprint density at radius 3 is 2.71 bits per heavy atom. The number of sulfonamides is 1. The van der Waals surface area contributed by atoms with Gasteiger partial charge in [-0.1, -0.05) is 24.6 Å². The van der Waals surface area contributed by atoms with E-state index < -0.39 is 39.6 Å². The Bertz CT molecular complexity index is 1400. The molecule has 4 N–H and O–H groups in total. The Kier molecular flexibility index (Phi) is 6.56. The summed E-state index contributed by atoms with van der Waals surface area (Å²) >= 11 is 6.26. The summed E-state index contributed by atoms with van der Waals surface area (Å²) in [7, 11) is -4.30. The molecular weight excluding hydrogens is 487 g/mol. The molecule has 0 amide bonds. The predicted molar refractivity (Wildman–Crippen MR) is 123 cm³/mol. The van der Waals surface area contributed by atoms with Crippen molar-refractivity contribution < 1.29 is 22.0 Å². The maximum absolute atomic E-state index is 14.9. The van der Waals surface area contributed by atoms with Crippen molar-refractivity contribution in [1.82, 2.24) is 14.9 Å². The average molecular weight is 511 g/mol. The first kappa shape index (κ1) is 24.4. The molecule has 0 spiro atoms. The summed E-state index contributed by atoms with van der Waals surface area (Å²) in [4.78, 5) is 11.5. The molecule has 34 heavy (non-hydrogen) atoms. The van der Waals surface area contributed by atoms with Crippen molar-refractivity contribution in [2.75, 3.05) is 6.61 Å². The lowest BCUT2D eigenvalue weighted by Crippen LogP contribution is -2.34. The number of aromatic amines is 1. The van der Waals surface area contributed by atoms with Crippen LogP contribution in [0, 0.1) is 19.7 Å². The molecule has 9 nitrogen and oxygen atoms in total. The number of rotatable bonds is 6. The molecule has 1 unspecified atom stereocenters. The van der Waals surface area contributed by atoms with E-state index in [4.69, 9.17) is 26.5 Å². The molecule has 1 aliphatic heterocycles. The first-order valence-corrected chi connectivity index (χ1v) is 12.4. The Balaban J connectivity index is 1.82. The number of aryl methyl sites for hydroxylation is 1. The van der Waals surface area contributed by atoms with E-state index in [2.05, 4.69) is 14.9 Å². The van der Waals surface area contributed by atoms with Gasteiger partial charge in [0.2, 0.25) is 15.9 Å². The van der Waals surface area contributed by atoms with Crippen molar-refractivity contribution in [3.05, 3.63) is 73.8 Å². The van der Waals surface area contributed by atoms with Crippen LogP contribution < -0.4 is 20.9 Å². The van der Waals surface area contributed by atoms with Crippen LogP contribution in [0.25, 0.3) is 0 Å². The summed E-state index contributed by atoms with van der Waals surface area (Å²) in [6.45, 7) is 5.40. The highest BCUT2D eigenvalue weighted by molar-refractivity contribution is 7.89. The lowest BCUT2D eigenvalue weighted by molar-refractivity contribution is 0.261. The Hall–Kier alpha value is -2.73. The summed E-state index contributed by atoms with van der Waals surface area (Å²) in [5, 5.41) is 6.23. The van der Waals surface area contributed by atoms with Crippen LogP contribution in [-0.4, -0.2) is 25.2 Å². The quantitative estimate of drug-likeness (QED) is 0.461. The number of halogens is 2. The van der Waals surface area contributed by atoms with E-state index in [0.717, 1.165) is 5.56 Å². The first-order valence-electron chi connectivity index (χ1n) is 10.6. The largest absolute Gasteiger partial charge is 0.492 e. The molecule has 1 aliphatic rings. The molecule has 0 saturated heterocycles. The average Bonchev–Trinajstić information content (AvgIpc) is 3.21. The fourth-order valence-electron chi connectivity index (χ4n) is 4.20. The van der Waals surface area contributed by atoms with Crippen molar-refractivity contribution in [1.29, 1.82) is 0 Å². The van der Waals surface area contributed by atoms with E-state index in [1.54, 1.807) is 19.9 Å². The third kappa shape index (κ3) is 4.36. The van der Waals surface area contributed by atoms with E-state index in [-0.39, 0.29) is 28.7 Å². The fraction of sp³-hybridized carbons (Fsp3) is 0.364. The SMILES string of the molecule is Cc1ccc(F)c([C@@H](C)[C@H](NS(=O)(=O)c2ccc(Cl)c3c2OCCC3N)c2n[nH]c(=O)o2)c1C. The summed E-state index contributed by atoms with van der Waals surface area (Å²) in [5.74, 6) is -2.36. The van der Waals surface area contributed by atoms with Gasteiger partial charge in [-0.2, -0.15) is 4.72 Å². The minimum Gasteiger partial charge on any atom is -0.492 e. The summed E-state index contributed by atoms with van der Waals surface area (Å²) in [5.41, 5.74) is 8.28. The predicted octanol–water partition coefficient (Wildman–Crippen LogP) is 3.38. The van der Waals surface area contributed by atoms with Gasteiger partial charge >= 0.3 is 5.76 Å². The number of aromatic nitrogens is 2. The lowest BCUT2D eigenvalue weighted by Gasteiger charge is -2.28. The second kappa shape index (κ2) is 9.14. The minimum atomic E-state index is -4.30. The van der Waals surface area contributed by atoms with E-state index in [0.29, 0.717) is 22.6 Å². The lowest BCUT2D eigenvalue weighted by atomic mass is 9.88. The summed E-state index contributed by atoms with van der Waals surface area (Å²) < 4.78 is 55.3. The third-order valence-corrected chi connectivity index (χ3v) is 7.93. The van der Waals surface area contributed by atoms with Crippen LogP contribution in [0.2, 0.25) is 5.02 Å². The molecule has 0 saturated carbocycles. The molecule has 0 radical (unpaired) electrons. The number of H-pyrrole nitrogens is 1. The number of benzene rings is 2. The van der Waals surface area contributed by atoms with E-state index >= 15 is 0 Å². The van der Waals surface area contributed by atoms with Crippen LogP contribution in [0.15, 0.2) is 38.4 Å². The molecule has 4 rings (SSSR count). The number of nitrogens with zero attached hydrogens (tertiary/aromatic N) is 1. The highest BCUT2D eigenvalue weighted by Gasteiger charge is 2.36. The molecule has 0 bridgehead atoms. The number of ether oxygens (including phenoxy) is 1.